The Labute approximate surface area is 138 Å². The van der Waals surface area contributed by atoms with Crippen LogP contribution in [0.3, 0.4) is 0 Å². The lowest BCUT2D eigenvalue weighted by Gasteiger charge is -2.12. The first kappa shape index (κ1) is 16.0. The number of nitrogens with two attached hydrogens (primary N) is 1. The van der Waals surface area contributed by atoms with Gasteiger partial charge in [-0.1, -0.05) is 42.5 Å². The number of nitrogen functional groups attached to an aromatic ring is 1. The summed E-state index contributed by atoms with van der Waals surface area (Å²) in [5.41, 5.74) is 5.73. The number of benzene rings is 3. The second kappa shape index (κ2) is 5.95. The monoisotopic (exact) mass is 342 g/mol. The standard InChI is InChI=1S/C17H14N2O4S/c18-14-9-4-8-13(16(14)24(21,22)23)17(20)19-15-10-3-6-11-5-1-2-7-12(11)15/h1-10H,18H2,(H,19,20)(H,21,22,23). The smallest absolute Gasteiger partial charge is 0.297 e. The van der Waals surface area contributed by atoms with Gasteiger partial charge in [-0.25, -0.2) is 0 Å². The number of hydrogen-bond donors (Lipinski definition) is 3. The first-order valence-electron chi connectivity index (χ1n) is 7.03. The van der Waals surface area contributed by atoms with Crippen molar-refractivity contribution in [2.45, 2.75) is 4.90 Å². The van der Waals surface area contributed by atoms with Crippen LogP contribution in [0, 0.1) is 0 Å². The third-order valence-corrected chi connectivity index (χ3v) is 4.56. The quantitative estimate of drug-likeness (QED) is 0.501. The SMILES string of the molecule is Nc1cccc(C(=O)Nc2cccc3ccccc23)c1S(=O)(=O)O. The number of hydrogen-bond acceptors (Lipinski definition) is 4. The summed E-state index contributed by atoms with van der Waals surface area (Å²) in [5.74, 6) is -0.675. The van der Waals surface area contributed by atoms with Gasteiger partial charge in [-0.2, -0.15) is 8.42 Å². The molecule has 0 aliphatic heterocycles. The van der Waals surface area contributed by atoms with Crippen LogP contribution >= 0.6 is 0 Å². The van der Waals surface area contributed by atoms with Crippen LogP contribution in [0.2, 0.25) is 0 Å². The summed E-state index contributed by atoms with van der Waals surface area (Å²) in [6, 6.07) is 16.9. The molecule has 3 aromatic carbocycles. The molecule has 122 valence electrons. The van der Waals surface area contributed by atoms with Crippen LogP contribution in [-0.4, -0.2) is 18.9 Å². The Morgan fingerprint density at radius 2 is 1.62 bits per heavy atom. The molecule has 3 rings (SSSR count). The summed E-state index contributed by atoms with van der Waals surface area (Å²) in [7, 11) is -4.63. The summed E-state index contributed by atoms with van der Waals surface area (Å²) >= 11 is 0. The van der Waals surface area contributed by atoms with E-state index in [-0.39, 0.29) is 11.3 Å². The van der Waals surface area contributed by atoms with Crippen molar-refractivity contribution < 1.29 is 17.8 Å². The van der Waals surface area contributed by atoms with E-state index in [0.29, 0.717) is 5.69 Å². The van der Waals surface area contributed by atoms with E-state index in [1.807, 2.05) is 30.3 Å². The predicted molar refractivity (Wildman–Crippen MR) is 92.6 cm³/mol. The van der Waals surface area contributed by atoms with Gasteiger partial charge in [0.05, 0.1) is 11.3 Å². The maximum Gasteiger partial charge on any atom is 0.297 e. The van der Waals surface area contributed by atoms with E-state index in [9.17, 15) is 17.8 Å². The van der Waals surface area contributed by atoms with Gasteiger partial charge in [-0.15, -0.1) is 0 Å². The average molecular weight is 342 g/mol. The number of carbonyl (C=O) groups excluding carboxylic acids is 1. The van der Waals surface area contributed by atoms with Crippen LogP contribution in [0.4, 0.5) is 11.4 Å². The Morgan fingerprint density at radius 3 is 2.38 bits per heavy atom. The van der Waals surface area contributed by atoms with E-state index in [1.165, 1.54) is 18.2 Å². The fourth-order valence-electron chi connectivity index (χ4n) is 2.55. The molecule has 0 radical (unpaired) electrons. The van der Waals surface area contributed by atoms with E-state index in [2.05, 4.69) is 5.32 Å². The summed E-state index contributed by atoms with van der Waals surface area (Å²) in [5, 5.41) is 4.41. The molecule has 0 unspecified atom stereocenters. The molecular formula is C17H14N2O4S. The zero-order chi connectivity index (χ0) is 17.3. The molecule has 0 bridgehead atoms. The Kier molecular flexibility index (Phi) is 3.96. The van der Waals surface area contributed by atoms with Crippen molar-refractivity contribution in [1.29, 1.82) is 0 Å². The lowest BCUT2D eigenvalue weighted by Crippen LogP contribution is -2.17. The molecule has 3 aromatic rings. The van der Waals surface area contributed by atoms with Crippen molar-refractivity contribution in [3.63, 3.8) is 0 Å². The molecule has 6 nitrogen and oxygen atoms in total. The molecule has 0 aromatic heterocycles. The lowest BCUT2D eigenvalue weighted by atomic mass is 10.1. The lowest BCUT2D eigenvalue weighted by molar-refractivity contribution is 0.102. The fraction of sp³-hybridized carbons (Fsp3) is 0. The van der Waals surface area contributed by atoms with E-state index in [0.717, 1.165) is 10.8 Å². The zero-order valence-corrected chi connectivity index (χ0v) is 13.2. The Balaban J connectivity index is 2.07. The fourth-order valence-corrected chi connectivity index (χ4v) is 3.35. The molecule has 0 fully saturated rings. The number of anilines is 2. The van der Waals surface area contributed by atoms with Crippen LogP contribution in [0.5, 0.6) is 0 Å². The topological polar surface area (TPSA) is 109 Å². The van der Waals surface area contributed by atoms with Crippen molar-refractivity contribution in [1.82, 2.24) is 0 Å². The summed E-state index contributed by atoms with van der Waals surface area (Å²) in [4.78, 5) is 11.9. The Hall–Kier alpha value is -2.90. The molecule has 0 atom stereocenters. The summed E-state index contributed by atoms with van der Waals surface area (Å²) < 4.78 is 32.4. The van der Waals surface area contributed by atoms with Crippen molar-refractivity contribution in [3.8, 4) is 0 Å². The van der Waals surface area contributed by atoms with Gasteiger partial charge in [-0.3, -0.25) is 9.35 Å². The van der Waals surface area contributed by atoms with Crippen molar-refractivity contribution in [2.75, 3.05) is 11.1 Å². The molecule has 0 saturated carbocycles. The minimum atomic E-state index is -4.63. The molecule has 0 heterocycles. The molecular weight excluding hydrogens is 328 g/mol. The molecule has 24 heavy (non-hydrogen) atoms. The first-order chi connectivity index (χ1) is 11.4. The van der Waals surface area contributed by atoms with Crippen LogP contribution < -0.4 is 11.1 Å². The minimum Gasteiger partial charge on any atom is -0.398 e. The van der Waals surface area contributed by atoms with Crippen molar-refractivity contribution >= 4 is 38.2 Å². The summed E-state index contributed by atoms with van der Waals surface area (Å²) in [6.07, 6.45) is 0. The van der Waals surface area contributed by atoms with Gasteiger partial charge in [0.15, 0.2) is 0 Å². The Bertz CT molecular complexity index is 1040. The van der Waals surface area contributed by atoms with E-state index in [4.69, 9.17) is 5.73 Å². The highest BCUT2D eigenvalue weighted by Gasteiger charge is 2.23. The van der Waals surface area contributed by atoms with Gasteiger partial charge in [0.1, 0.15) is 4.90 Å². The minimum absolute atomic E-state index is 0.192. The molecule has 7 heteroatoms. The van der Waals surface area contributed by atoms with Gasteiger partial charge in [0, 0.05) is 11.1 Å². The maximum atomic E-state index is 12.5. The number of carbonyl (C=O) groups is 1. The molecule has 0 aliphatic carbocycles. The van der Waals surface area contributed by atoms with Gasteiger partial charge in [0.25, 0.3) is 16.0 Å². The molecule has 0 aliphatic rings. The number of nitrogens with one attached hydrogen (secondary N) is 1. The third kappa shape index (κ3) is 2.94. The maximum absolute atomic E-state index is 12.5. The molecule has 1 amide bonds. The zero-order valence-electron chi connectivity index (χ0n) is 12.4. The van der Waals surface area contributed by atoms with Gasteiger partial charge < -0.3 is 11.1 Å². The van der Waals surface area contributed by atoms with Gasteiger partial charge in [-0.05, 0) is 23.6 Å². The number of rotatable bonds is 3. The largest absolute Gasteiger partial charge is 0.398 e. The highest BCUT2D eigenvalue weighted by Crippen LogP contribution is 2.26. The Morgan fingerprint density at radius 1 is 0.958 bits per heavy atom. The van der Waals surface area contributed by atoms with Gasteiger partial charge >= 0.3 is 0 Å². The van der Waals surface area contributed by atoms with Crippen molar-refractivity contribution in [3.05, 3.63) is 66.2 Å². The van der Waals surface area contributed by atoms with Gasteiger partial charge in [0.2, 0.25) is 0 Å². The third-order valence-electron chi connectivity index (χ3n) is 3.59. The first-order valence-corrected chi connectivity index (χ1v) is 8.47. The van der Waals surface area contributed by atoms with E-state index >= 15 is 0 Å². The number of amides is 1. The van der Waals surface area contributed by atoms with Crippen LogP contribution in [-0.2, 0) is 10.1 Å². The van der Waals surface area contributed by atoms with E-state index in [1.54, 1.807) is 12.1 Å². The van der Waals surface area contributed by atoms with E-state index < -0.39 is 20.9 Å². The highest BCUT2D eigenvalue weighted by molar-refractivity contribution is 7.86. The average Bonchev–Trinajstić information content (AvgIpc) is 2.53. The van der Waals surface area contributed by atoms with Crippen LogP contribution in [0.25, 0.3) is 10.8 Å². The normalized spacial score (nSPS) is 11.4. The van der Waals surface area contributed by atoms with Crippen molar-refractivity contribution in [2.24, 2.45) is 0 Å². The molecule has 4 N–H and O–H groups in total. The highest BCUT2D eigenvalue weighted by atomic mass is 32.2. The number of fused-ring (bicyclic) bond motifs is 1. The van der Waals surface area contributed by atoms with Crippen LogP contribution in [0.1, 0.15) is 10.4 Å². The molecule has 0 spiro atoms. The predicted octanol–water partition coefficient (Wildman–Crippen LogP) is 2.92. The second-order valence-corrected chi connectivity index (χ2v) is 6.54. The molecule has 0 saturated heterocycles. The summed E-state index contributed by atoms with van der Waals surface area (Å²) in [6.45, 7) is 0. The van der Waals surface area contributed by atoms with Crippen LogP contribution in [0.15, 0.2) is 65.6 Å². The second-order valence-electron chi connectivity index (χ2n) is 5.18.